The highest BCUT2D eigenvalue weighted by molar-refractivity contribution is 5.79. The first kappa shape index (κ1) is 20.6. The molecule has 0 radical (unpaired) electrons. The van der Waals surface area contributed by atoms with Gasteiger partial charge in [-0.15, -0.1) is 0 Å². The Morgan fingerprint density at radius 1 is 1.03 bits per heavy atom. The second kappa shape index (κ2) is 9.45. The summed E-state index contributed by atoms with van der Waals surface area (Å²) in [6, 6.07) is 10.6. The van der Waals surface area contributed by atoms with E-state index in [-0.39, 0.29) is 11.8 Å². The molecule has 0 N–H and O–H groups in total. The third-order valence-corrected chi connectivity index (χ3v) is 6.29. The molecule has 6 heteroatoms. The highest BCUT2D eigenvalue weighted by Crippen LogP contribution is 2.24. The Balaban J connectivity index is 1.34. The minimum absolute atomic E-state index is 0.000449. The van der Waals surface area contributed by atoms with Crippen LogP contribution in [0, 0.1) is 12.8 Å². The van der Waals surface area contributed by atoms with Crippen molar-refractivity contribution in [3.8, 4) is 0 Å². The molecule has 3 heterocycles. The van der Waals surface area contributed by atoms with Crippen LogP contribution < -0.4 is 9.80 Å². The third-order valence-electron chi connectivity index (χ3n) is 6.29. The van der Waals surface area contributed by atoms with Crippen molar-refractivity contribution in [3.05, 3.63) is 47.8 Å². The number of anilines is 2. The maximum absolute atomic E-state index is 13.1. The van der Waals surface area contributed by atoms with Crippen molar-refractivity contribution in [2.75, 3.05) is 43.0 Å². The Labute approximate surface area is 179 Å². The lowest BCUT2D eigenvalue weighted by molar-refractivity contribution is -0.135. The van der Waals surface area contributed by atoms with Gasteiger partial charge in [-0.05, 0) is 62.8 Å². The van der Waals surface area contributed by atoms with Crippen LogP contribution in [0.15, 0.2) is 36.5 Å². The number of aromatic nitrogens is 2. The van der Waals surface area contributed by atoms with E-state index in [1.807, 2.05) is 24.9 Å². The van der Waals surface area contributed by atoms with Crippen LogP contribution in [-0.2, 0) is 11.3 Å². The second-order valence-electron chi connectivity index (χ2n) is 8.69. The summed E-state index contributed by atoms with van der Waals surface area (Å²) in [5, 5.41) is 0. The van der Waals surface area contributed by atoms with Gasteiger partial charge in [0.05, 0.1) is 5.92 Å². The van der Waals surface area contributed by atoms with Crippen molar-refractivity contribution < 1.29 is 4.79 Å². The normalized spacial score (nSPS) is 19.6. The fourth-order valence-corrected chi connectivity index (χ4v) is 4.58. The average Bonchev–Trinajstić information content (AvgIpc) is 2.80. The van der Waals surface area contributed by atoms with Gasteiger partial charge in [-0.1, -0.05) is 12.1 Å². The molecule has 0 saturated carbocycles. The van der Waals surface area contributed by atoms with E-state index in [9.17, 15) is 4.79 Å². The van der Waals surface area contributed by atoms with Gasteiger partial charge in [0.2, 0.25) is 11.9 Å². The summed E-state index contributed by atoms with van der Waals surface area (Å²) in [7, 11) is 1.92. The number of hydrogen-bond donors (Lipinski definition) is 0. The largest absolute Gasteiger partial charge is 0.372 e. The van der Waals surface area contributed by atoms with E-state index < -0.39 is 0 Å². The zero-order valence-corrected chi connectivity index (χ0v) is 18.3. The third kappa shape index (κ3) is 4.91. The molecule has 0 bridgehead atoms. The summed E-state index contributed by atoms with van der Waals surface area (Å²) in [5.41, 5.74) is 3.44. The molecule has 2 saturated heterocycles. The van der Waals surface area contributed by atoms with E-state index in [0.717, 1.165) is 44.1 Å². The quantitative estimate of drug-likeness (QED) is 0.757. The molecule has 2 aromatic rings. The molecule has 1 amide bonds. The van der Waals surface area contributed by atoms with E-state index >= 15 is 0 Å². The van der Waals surface area contributed by atoms with Gasteiger partial charge in [0.1, 0.15) is 0 Å². The molecule has 1 aromatic carbocycles. The Morgan fingerprint density at radius 3 is 2.50 bits per heavy atom. The van der Waals surface area contributed by atoms with Gasteiger partial charge in [0.25, 0.3) is 0 Å². The Bertz CT molecular complexity index is 847. The molecule has 6 nitrogen and oxygen atoms in total. The molecule has 1 aromatic heterocycles. The first-order chi connectivity index (χ1) is 14.6. The van der Waals surface area contributed by atoms with Crippen molar-refractivity contribution in [1.82, 2.24) is 14.9 Å². The number of piperidine rings is 2. The van der Waals surface area contributed by atoms with Gasteiger partial charge < -0.3 is 14.7 Å². The van der Waals surface area contributed by atoms with Gasteiger partial charge in [-0.25, -0.2) is 9.97 Å². The Hall–Kier alpha value is -2.63. The number of nitrogens with zero attached hydrogens (tertiary/aromatic N) is 5. The van der Waals surface area contributed by atoms with Crippen LogP contribution in [0.25, 0.3) is 0 Å². The molecule has 2 fully saturated rings. The number of carbonyl (C=O) groups is 1. The number of rotatable bonds is 5. The monoisotopic (exact) mass is 407 g/mol. The molecule has 1 unspecified atom stereocenters. The lowest BCUT2D eigenvalue weighted by atomic mass is 9.96. The maximum Gasteiger partial charge on any atom is 0.227 e. The molecular formula is C24H33N5O. The van der Waals surface area contributed by atoms with E-state index in [0.29, 0.717) is 13.1 Å². The number of aryl methyl sites for hydroxylation is 1. The first-order valence-electron chi connectivity index (χ1n) is 11.2. The second-order valence-corrected chi connectivity index (χ2v) is 8.69. The zero-order chi connectivity index (χ0) is 20.9. The minimum Gasteiger partial charge on any atom is -0.372 e. The SMILES string of the molecule is Cc1ccnc(N2CCCC(C(=O)N(C)Cc3ccc(N4CCCCC4)cc3)C2)n1. The van der Waals surface area contributed by atoms with Crippen molar-refractivity contribution in [3.63, 3.8) is 0 Å². The molecule has 4 rings (SSSR count). The van der Waals surface area contributed by atoms with Crippen LogP contribution in [0.5, 0.6) is 0 Å². The van der Waals surface area contributed by atoms with Crippen molar-refractivity contribution >= 4 is 17.5 Å². The predicted octanol–water partition coefficient (Wildman–Crippen LogP) is 3.65. The summed E-state index contributed by atoms with van der Waals surface area (Å²) in [5.74, 6) is 0.955. The van der Waals surface area contributed by atoms with Gasteiger partial charge >= 0.3 is 0 Å². The molecule has 30 heavy (non-hydrogen) atoms. The predicted molar refractivity (Wildman–Crippen MR) is 121 cm³/mol. The Kier molecular flexibility index (Phi) is 6.50. The summed E-state index contributed by atoms with van der Waals surface area (Å²) in [6.45, 7) is 6.54. The zero-order valence-electron chi connectivity index (χ0n) is 18.3. The molecule has 160 valence electrons. The van der Waals surface area contributed by atoms with Crippen LogP contribution in [0.1, 0.15) is 43.4 Å². The number of benzene rings is 1. The van der Waals surface area contributed by atoms with Crippen molar-refractivity contribution in [2.24, 2.45) is 5.92 Å². The number of amides is 1. The standard InChI is InChI=1S/C24H33N5O/c1-19-12-13-25-24(26-19)29-16-6-7-21(18-29)23(30)27(2)17-20-8-10-22(11-9-20)28-14-4-3-5-15-28/h8-13,21H,3-7,14-18H2,1-2H3. The molecule has 2 aliphatic heterocycles. The highest BCUT2D eigenvalue weighted by atomic mass is 16.2. The van der Waals surface area contributed by atoms with Gasteiger partial charge in [-0.3, -0.25) is 4.79 Å². The maximum atomic E-state index is 13.1. The topological polar surface area (TPSA) is 52.6 Å². The van der Waals surface area contributed by atoms with Crippen LogP contribution in [0.3, 0.4) is 0 Å². The van der Waals surface area contributed by atoms with Gasteiger partial charge in [-0.2, -0.15) is 0 Å². The summed E-state index contributed by atoms with van der Waals surface area (Å²) >= 11 is 0. The van der Waals surface area contributed by atoms with Crippen LogP contribution in [0.2, 0.25) is 0 Å². The fourth-order valence-electron chi connectivity index (χ4n) is 4.58. The molecule has 2 aliphatic rings. The molecular weight excluding hydrogens is 374 g/mol. The smallest absolute Gasteiger partial charge is 0.227 e. The van der Waals surface area contributed by atoms with E-state index in [4.69, 9.17) is 0 Å². The van der Waals surface area contributed by atoms with Crippen LogP contribution >= 0.6 is 0 Å². The lowest BCUT2D eigenvalue weighted by Gasteiger charge is -2.34. The van der Waals surface area contributed by atoms with Gasteiger partial charge in [0, 0.05) is 57.3 Å². The van der Waals surface area contributed by atoms with Crippen LogP contribution in [-0.4, -0.2) is 54.0 Å². The highest BCUT2D eigenvalue weighted by Gasteiger charge is 2.29. The fraction of sp³-hybridized carbons (Fsp3) is 0.542. The molecule has 1 atom stereocenters. The first-order valence-corrected chi connectivity index (χ1v) is 11.2. The summed E-state index contributed by atoms with van der Waals surface area (Å²) in [6.07, 6.45) is 7.63. The molecule has 0 spiro atoms. The lowest BCUT2D eigenvalue weighted by Crippen LogP contribution is -2.44. The van der Waals surface area contributed by atoms with E-state index in [1.54, 1.807) is 6.20 Å². The summed E-state index contributed by atoms with van der Waals surface area (Å²) in [4.78, 5) is 28.5. The van der Waals surface area contributed by atoms with E-state index in [2.05, 4.69) is 44.0 Å². The Morgan fingerprint density at radius 2 is 1.77 bits per heavy atom. The minimum atomic E-state index is 0.000449. The number of hydrogen-bond acceptors (Lipinski definition) is 5. The molecule has 0 aliphatic carbocycles. The number of carbonyl (C=O) groups excluding carboxylic acids is 1. The van der Waals surface area contributed by atoms with Crippen molar-refractivity contribution in [2.45, 2.75) is 45.6 Å². The summed E-state index contributed by atoms with van der Waals surface area (Å²) < 4.78 is 0. The van der Waals surface area contributed by atoms with Gasteiger partial charge in [0.15, 0.2) is 0 Å². The van der Waals surface area contributed by atoms with Crippen molar-refractivity contribution in [1.29, 1.82) is 0 Å². The van der Waals surface area contributed by atoms with Crippen LogP contribution in [0.4, 0.5) is 11.6 Å². The average molecular weight is 408 g/mol. The van der Waals surface area contributed by atoms with E-state index in [1.165, 1.54) is 30.5 Å².